The Morgan fingerprint density at radius 2 is 1.09 bits per heavy atom. The molecule has 2 aliphatic carbocycles. The van der Waals surface area contributed by atoms with Crippen molar-refractivity contribution >= 4 is 87.1 Å². The maximum atomic E-state index is 16.0. The first kappa shape index (κ1) is 104. The van der Waals surface area contributed by atoms with Gasteiger partial charge < -0.3 is 76.0 Å². The molecule has 6 aromatic carbocycles. The molecule has 10 N–H and O–H groups in total. The number of rotatable bonds is 40. The van der Waals surface area contributed by atoms with E-state index in [0.29, 0.717) is 54.5 Å². The Hall–Kier alpha value is -10.9. The number of hydrogen-bond acceptors (Lipinski definition) is 19. The molecule has 726 valence electrons. The molecular weight excluding hydrogens is 1740 g/mol. The minimum Gasteiger partial charge on any atom is -0.487 e. The third-order valence-corrected chi connectivity index (χ3v) is 29.8. The van der Waals surface area contributed by atoms with Crippen LogP contribution in [-0.4, -0.2) is 206 Å². The van der Waals surface area contributed by atoms with Gasteiger partial charge in [-0.3, -0.25) is 43.8 Å². The minimum absolute atomic E-state index is 0.0144. The fourth-order valence-electron chi connectivity index (χ4n) is 19.1. The first-order valence-electron chi connectivity index (χ1n) is 47.4. The second-order valence-corrected chi connectivity index (χ2v) is 42.4. The van der Waals surface area contributed by atoms with Crippen molar-refractivity contribution in [3.8, 4) is 16.9 Å². The third-order valence-electron chi connectivity index (χ3n) is 26.5. The smallest absolute Gasteiger partial charge is 0.407 e. The lowest BCUT2D eigenvalue weighted by Gasteiger charge is -2.38. The Labute approximate surface area is 794 Å². The summed E-state index contributed by atoms with van der Waals surface area (Å²) in [5, 5.41) is 32.1. The van der Waals surface area contributed by atoms with Gasteiger partial charge in [-0.1, -0.05) is 207 Å². The number of carbonyl (C=O) groups excluding carboxylic acids is 10. The lowest BCUT2D eigenvalue weighted by atomic mass is 9.84. The summed E-state index contributed by atoms with van der Waals surface area (Å²) < 4.78 is 59.9. The topological polar surface area (TPSA) is 390 Å². The maximum absolute atomic E-state index is 16.0. The molecular formula is C103H140N12O17S2. The number of esters is 1. The number of amides is 9. The summed E-state index contributed by atoms with van der Waals surface area (Å²) in [6.45, 7) is 29.8. The number of likely N-dealkylation sites (tertiary alicyclic amines) is 2. The van der Waals surface area contributed by atoms with Crippen LogP contribution in [0.5, 0.6) is 5.75 Å². The van der Waals surface area contributed by atoms with Crippen LogP contribution in [0.3, 0.4) is 0 Å². The van der Waals surface area contributed by atoms with E-state index in [0.717, 1.165) is 63.8 Å². The molecule has 0 bridgehead atoms. The number of ether oxygens (including phenoxy) is 5. The van der Waals surface area contributed by atoms with E-state index in [2.05, 4.69) is 47.3 Å². The number of nitrogens with zero attached hydrogens (tertiary/aromatic N) is 2. The van der Waals surface area contributed by atoms with E-state index in [1.807, 2.05) is 195 Å². The van der Waals surface area contributed by atoms with E-state index < -0.39 is 176 Å². The Bertz CT molecular complexity index is 5160. The lowest BCUT2D eigenvalue weighted by molar-refractivity contribution is -0.150. The van der Waals surface area contributed by atoms with Crippen LogP contribution in [0.2, 0.25) is 0 Å². The highest BCUT2D eigenvalue weighted by Gasteiger charge is 2.53. The van der Waals surface area contributed by atoms with Gasteiger partial charge >= 0.3 is 12.1 Å². The van der Waals surface area contributed by atoms with Crippen LogP contribution < -0.4 is 52.0 Å². The molecule has 2 saturated heterocycles. The van der Waals surface area contributed by atoms with Gasteiger partial charge in [-0.15, -0.1) is 11.8 Å². The molecule has 11 rings (SSSR count). The number of methoxy groups -OCH3 is 1. The highest BCUT2D eigenvalue weighted by molar-refractivity contribution is 8.00. The summed E-state index contributed by atoms with van der Waals surface area (Å²) in [6, 6.07) is 33.1. The maximum Gasteiger partial charge on any atom is 0.407 e. The van der Waals surface area contributed by atoms with Crippen LogP contribution >= 0.6 is 11.8 Å². The zero-order valence-electron chi connectivity index (χ0n) is 81.0. The Kier molecular flexibility index (Phi) is 34.9. The molecule has 0 radical (unpaired) electrons. The van der Waals surface area contributed by atoms with Gasteiger partial charge in [0.05, 0.1) is 41.2 Å². The zero-order chi connectivity index (χ0) is 97.5. The van der Waals surface area contributed by atoms with Gasteiger partial charge in [-0.05, 0) is 207 Å². The Balaban J connectivity index is 0.835. The molecule has 3 aliphatic heterocycles. The Morgan fingerprint density at radius 1 is 0.582 bits per heavy atom. The molecule has 3 heterocycles. The molecule has 6 aromatic rings. The summed E-state index contributed by atoms with van der Waals surface area (Å²) in [5.74, 6) is -7.81. The predicted octanol–water partition coefficient (Wildman–Crippen LogP) is 12.5. The molecule has 13 atom stereocenters. The molecule has 0 unspecified atom stereocenters. The van der Waals surface area contributed by atoms with Crippen LogP contribution in [0.1, 0.15) is 230 Å². The standard InChI is InChI=1S/C103H140N12O17S2/c1-19-62(5)85(94(121)109-81(92(119)112-86(63(6)20-2)97(124)128-18)60-133-103(68-39-24-21-25-40-68,69-41-26-22-27-42-69)70-43-28-23-29-44-70)111-93(120)84-55-67-38-30-35-50-82(67)115(84)96(123)83-51-37-53-114(83)95(122)78(54-61(3)4)107-90(117)79(58-130-100(10,11)12)108-89(116)77(49-36-52-105-98(104)113-134(126,127)88-65(8)64(7)87-75(66(88)9)56-102(16,17)132-87)106-91(118)80(59-131-101(13,14)15)110-99(125)129-57-76-73-47-33-31-45-71(73)72-46-32-34-48-74(72)76/h21-29,31-34,39-48,61-63,67,76-86H,19-20,30,35-38,49-60H2,1-18H3,(H,106,118)(H,107,117)(H,108,116)(H,109,121)(H,110,125)(H,111,120)(H,112,119)(H3,104,105,113)/t62-,63-,67-,77-,78-,79-,80-,81-,82-,83-,84-,85-,86-/m0/s1. The Morgan fingerprint density at radius 3 is 1.64 bits per heavy atom. The van der Waals surface area contributed by atoms with Crippen LogP contribution in [0.4, 0.5) is 4.79 Å². The number of alkyl carbamates (subject to hydrolysis) is 1. The fraction of sp³-hybridized carbons (Fsp3) is 0.544. The van der Waals surface area contributed by atoms with Crippen molar-refractivity contribution in [2.45, 2.75) is 294 Å². The van der Waals surface area contributed by atoms with Crippen molar-refractivity contribution in [1.29, 1.82) is 5.41 Å². The molecule has 0 spiro atoms. The van der Waals surface area contributed by atoms with E-state index in [-0.39, 0.29) is 86.1 Å². The summed E-state index contributed by atoms with van der Waals surface area (Å²) in [5.41, 5.74) is 6.64. The number of hydrogen-bond donors (Lipinski definition) is 10. The number of thioether (sulfide) groups is 1. The monoisotopic (exact) mass is 1880 g/mol. The number of carbonyl (C=O) groups is 10. The van der Waals surface area contributed by atoms with Gasteiger partial charge in [0.25, 0.3) is 10.0 Å². The first-order chi connectivity index (χ1) is 63.5. The van der Waals surface area contributed by atoms with Crippen LogP contribution in [0.15, 0.2) is 144 Å². The SMILES string of the molecule is CC[C@H](C)[C@H](NC(=O)[C@@H]1C[C@@H]2CCCC[C@@H]2N1C(=O)[C@@H]1CCCN1C(=O)[C@H](CC(C)C)NC(=O)[C@H](COC(C)(C)C)NC(=O)[C@H](CCCNC(=N)NS(=O)(=O)c1c(C)c(C)c2c(c1C)CC(C)(C)O2)NC(=O)[C@H](COC(C)(C)C)NC(=O)OCC1c2ccccc2-c2ccccc21)C(=O)N[C@@H](CSC(c1ccccc1)(c1ccccc1)c1ccccc1)C(=O)N[C@H](C(=O)OC)[C@@H](C)CC. The number of fused-ring (bicyclic) bond motifs is 5. The van der Waals surface area contributed by atoms with Gasteiger partial charge in [-0.25, -0.2) is 22.7 Å². The molecule has 0 aromatic heterocycles. The summed E-state index contributed by atoms with van der Waals surface area (Å²) >= 11 is 1.44. The number of nitrogens with one attached hydrogen (secondary N) is 10. The van der Waals surface area contributed by atoms with E-state index in [9.17, 15) is 18.0 Å². The van der Waals surface area contributed by atoms with Gasteiger partial charge in [0.1, 0.15) is 72.3 Å². The van der Waals surface area contributed by atoms with Crippen molar-refractivity contribution in [3.05, 3.63) is 190 Å². The predicted molar refractivity (Wildman–Crippen MR) is 517 cm³/mol. The van der Waals surface area contributed by atoms with Gasteiger partial charge in [0.15, 0.2) is 0 Å². The van der Waals surface area contributed by atoms with E-state index in [1.165, 1.54) is 23.8 Å². The minimum atomic E-state index is -4.38. The summed E-state index contributed by atoms with van der Waals surface area (Å²) in [4.78, 5) is 155. The molecule has 31 heteroatoms. The van der Waals surface area contributed by atoms with Crippen LogP contribution in [-0.2, 0) is 83.3 Å². The van der Waals surface area contributed by atoms with Crippen molar-refractivity contribution in [1.82, 2.24) is 57.1 Å². The van der Waals surface area contributed by atoms with E-state index in [4.69, 9.17) is 29.1 Å². The number of guanidine groups is 1. The molecule has 29 nitrogen and oxygen atoms in total. The molecule has 1 saturated carbocycles. The highest BCUT2D eigenvalue weighted by Crippen LogP contribution is 2.50. The lowest BCUT2D eigenvalue weighted by Crippen LogP contribution is -2.62. The number of sulfonamides is 1. The van der Waals surface area contributed by atoms with E-state index in [1.54, 1.807) is 67.2 Å². The number of benzene rings is 6. The normalized spacial score (nSPS) is 18.9. The molecule has 3 fully saturated rings. The average molecular weight is 1880 g/mol. The van der Waals surface area contributed by atoms with Gasteiger partial charge in [-0.2, -0.15) is 0 Å². The molecule has 5 aliphatic rings. The van der Waals surface area contributed by atoms with Crippen molar-refractivity contribution in [2.75, 3.05) is 45.8 Å². The van der Waals surface area contributed by atoms with Crippen molar-refractivity contribution in [3.63, 3.8) is 0 Å². The zero-order valence-corrected chi connectivity index (χ0v) is 82.7. The average Bonchev–Trinajstić information content (AvgIpc) is 1.67. The summed E-state index contributed by atoms with van der Waals surface area (Å²) in [7, 11) is -3.13. The second kappa shape index (κ2) is 45.2. The second-order valence-electron chi connectivity index (χ2n) is 39.5. The van der Waals surface area contributed by atoms with Crippen molar-refractivity contribution < 1.29 is 80.0 Å². The molecule has 9 amide bonds. The first-order valence-corrected chi connectivity index (χ1v) is 49.9. The van der Waals surface area contributed by atoms with Gasteiger partial charge in [0.2, 0.25) is 53.2 Å². The van der Waals surface area contributed by atoms with Crippen molar-refractivity contribution in [2.24, 2.45) is 23.7 Å². The fourth-order valence-corrected chi connectivity index (χ4v) is 22.2. The quantitative estimate of drug-likeness (QED) is 0.00561. The van der Waals surface area contributed by atoms with Crippen LogP contribution in [0, 0.1) is 49.9 Å². The summed E-state index contributed by atoms with van der Waals surface area (Å²) in [6.07, 6.45) is 4.03. The van der Waals surface area contributed by atoms with Crippen LogP contribution in [0.25, 0.3) is 11.1 Å². The van der Waals surface area contributed by atoms with E-state index >= 15 is 38.4 Å². The molecule has 134 heavy (non-hydrogen) atoms. The highest BCUT2D eigenvalue weighted by atomic mass is 32.2. The third kappa shape index (κ3) is 25.2. The largest absolute Gasteiger partial charge is 0.487 e. The van der Waals surface area contributed by atoms with Gasteiger partial charge in [0, 0.05) is 42.8 Å².